The summed E-state index contributed by atoms with van der Waals surface area (Å²) < 4.78 is 10.1. The highest BCUT2D eigenvalue weighted by Gasteiger charge is 2.07. The Labute approximate surface area is 106 Å². The molecule has 0 aliphatic rings. The van der Waals surface area contributed by atoms with Gasteiger partial charge in [0, 0.05) is 0 Å². The lowest BCUT2D eigenvalue weighted by Gasteiger charge is -2.08. The number of benzene rings is 1. The zero-order valence-corrected chi connectivity index (χ0v) is 10.5. The van der Waals surface area contributed by atoms with Crippen LogP contribution in [-0.2, 0) is 4.74 Å². The Balaban J connectivity index is 2.27. The molecule has 0 spiro atoms. The van der Waals surface area contributed by atoms with E-state index < -0.39 is 6.09 Å². The van der Waals surface area contributed by atoms with Crippen molar-refractivity contribution in [1.82, 2.24) is 5.32 Å². The fourth-order valence-electron chi connectivity index (χ4n) is 1.05. The lowest BCUT2D eigenvalue weighted by Crippen LogP contribution is -2.33. The van der Waals surface area contributed by atoms with Gasteiger partial charge in [-0.3, -0.25) is 5.32 Å². The zero-order chi connectivity index (χ0) is 12.5. The Hall–Kier alpha value is -1.62. The summed E-state index contributed by atoms with van der Waals surface area (Å²) in [5.41, 5.74) is 0. The molecule has 0 aliphatic carbocycles. The van der Waals surface area contributed by atoms with Crippen molar-refractivity contribution in [3.8, 4) is 5.75 Å². The molecule has 92 valence electrons. The van der Waals surface area contributed by atoms with E-state index in [0.29, 0.717) is 12.4 Å². The zero-order valence-electron chi connectivity index (χ0n) is 9.64. The minimum atomic E-state index is -0.641. The summed E-state index contributed by atoms with van der Waals surface area (Å²) in [6.07, 6.45) is 1.27. The Morgan fingerprint density at radius 3 is 2.71 bits per heavy atom. The van der Waals surface area contributed by atoms with Crippen molar-refractivity contribution in [2.45, 2.75) is 19.8 Å². The van der Waals surface area contributed by atoms with E-state index in [1.807, 2.05) is 13.0 Å². The van der Waals surface area contributed by atoms with E-state index in [2.05, 4.69) is 5.32 Å². The first-order chi connectivity index (χ1) is 8.22. The van der Waals surface area contributed by atoms with E-state index in [-0.39, 0.29) is 5.17 Å². The molecule has 1 amide bonds. The average Bonchev–Trinajstić information content (AvgIpc) is 2.30. The second-order valence-corrected chi connectivity index (χ2v) is 3.69. The van der Waals surface area contributed by atoms with Gasteiger partial charge in [-0.25, -0.2) is 4.79 Å². The van der Waals surface area contributed by atoms with Gasteiger partial charge in [-0.2, -0.15) is 0 Å². The van der Waals surface area contributed by atoms with Crippen LogP contribution >= 0.6 is 12.2 Å². The second-order valence-electron chi connectivity index (χ2n) is 3.32. The molecule has 1 rings (SSSR count). The number of amides is 1. The van der Waals surface area contributed by atoms with Crippen molar-refractivity contribution in [3.05, 3.63) is 30.3 Å². The predicted molar refractivity (Wildman–Crippen MR) is 69.1 cm³/mol. The van der Waals surface area contributed by atoms with E-state index in [1.54, 1.807) is 24.3 Å². The molecule has 1 aromatic carbocycles. The Morgan fingerprint density at radius 2 is 2.06 bits per heavy atom. The number of carbonyl (C=O) groups excluding carboxylic acids is 1. The van der Waals surface area contributed by atoms with Crippen LogP contribution in [-0.4, -0.2) is 17.9 Å². The highest BCUT2D eigenvalue weighted by Crippen LogP contribution is 2.08. The molecule has 1 N–H and O–H groups in total. The van der Waals surface area contributed by atoms with Crippen LogP contribution in [0.2, 0.25) is 0 Å². The quantitative estimate of drug-likeness (QED) is 0.662. The standard InChI is InChI=1S/C12H15NO3S/c1-2-3-9-15-12(17)13-11(14)16-10-7-5-4-6-8-10/h4-8H,2-3,9H2,1H3,(H,13,14,17). The number of unbranched alkanes of at least 4 members (excludes halogenated alkanes) is 1. The normalized spacial score (nSPS) is 9.47. The molecule has 17 heavy (non-hydrogen) atoms. The molecule has 0 saturated carbocycles. The fraction of sp³-hybridized carbons (Fsp3) is 0.333. The third kappa shape index (κ3) is 5.87. The van der Waals surface area contributed by atoms with Gasteiger partial charge in [0.2, 0.25) is 0 Å². The summed E-state index contributed by atoms with van der Waals surface area (Å²) in [5.74, 6) is 0.460. The van der Waals surface area contributed by atoms with Gasteiger partial charge in [0.25, 0.3) is 5.17 Å². The maximum Gasteiger partial charge on any atom is 0.420 e. The van der Waals surface area contributed by atoms with Crippen LogP contribution in [0.5, 0.6) is 5.75 Å². The summed E-state index contributed by atoms with van der Waals surface area (Å²) in [6.45, 7) is 2.55. The maximum atomic E-state index is 11.4. The van der Waals surface area contributed by atoms with Gasteiger partial charge in [0.1, 0.15) is 5.75 Å². The first-order valence-electron chi connectivity index (χ1n) is 5.43. The molecule has 0 unspecified atom stereocenters. The molecule has 0 bridgehead atoms. The van der Waals surface area contributed by atoms with E-state index in [9.17, 15) is 4.79 Å². The summed E-state index contributed by atoms with van der Waals surface area (Å²) in [7, 11) is 0. The molecule has 1 aromatic rings. The number of hydrogen-bond acceptors (Lipinski definition) is 4. The molecule has 0 aliphatic heterocycles. The van der Waals surface area contributed by atoms with Gasteiger partial charge in [-0.05, 0) is 30.8 Å². The van der Waals surface area contributed by atoms with Crippen molar-refractivity contribution in [2.24, 2.45) is 0 Å². The summed E-state index contributed by atoms with van der Waals surface area (Å²) in [4.78, 5) is 11.4. The van der Waals surface area contributed by atoms with Gasteiger partial charge in [0.15, 0.2) is 0 Å². The molecule has 4 nitrogen and oxygen atoms in total. The maximum absolute atomic E-state index is 11.4. The molecule has 0 saturated heterocycles. The molecular weight excluding hydrogens is 238 g/mol. The molecular formula is C12H15NO3S. The topological polar surface area (TPSA) is 47.6 Å². The van der Waals surface area contributed by atoms with Crippen LogP contribution in [0.25, 0.3) is 0 Å². The lowest BCUT2D eigenvalue weighted by atomic mass is 10.3. The van der Waals surface area contributed by atoms with Crippen molar-refractivity contribution < 1.29 is 14.3 Å². The van der Waals surface area contributed by atoms with E-state index in [0.717, 1.165) is 12.8 Å². The van der Waals surface area contributed by atoms with Crippen molar-refractivity contribution in [3.63, 3.8) is 0 Å². The Kier molecular flexibility index (Phi) is 6.03. The smallest absolute Gasteiger partial charge is 0.420 e. The number of hydrogen-bond donors (Lipinski definition) is 1. The first kappa shape index (κ1) is 13.4. The van der Waals surface area contributed by atoms with Crippen LogP contribution in [0.1, 0.15) is 19.8 Å². The third-order valence-corrected chi connectivity index (χ3v) is 2.11. The SMILES string of the molecule is CCCCOC(=S)NC(=O)Oc1ccccc1. The highest BCUT2D eigenvalue weighted by molar-refractivity contribution is 7.80. The van der Waals surface area contributed by atoms with E-state index >= 15 is 0 Å². The number of para-hydroxylation sites is 1. The summed E-state index contributed by atoms with van der Waals surface area (Å²) in [5, 5.41) is 2.38. The molecule has 0 radical (unpaired) electrons. The number of rotatable bonds is 4. The van der Waals surface area contributed by atoms with Crippen LogP contribution in [0, 0.1) is 0 Å². The highest BCUT2D eigenvalue weighted by atomic mass is 32.1. The fourth-order valence-corrected chi connectivity index (χ4v) is 1.22. The van der Waals surface area contributed by atoms with Crippen LogP contribution in [0.4, 0.5) is 4.79 Å². The largest absolute Gasteiger partial charge is 0.471 e. The monoisotopic (exact) mass is 253 g/mol. The predicted octanol–water partition coefficient (Wildman–Crippen LogP) is 2.88. The molecule has 0 heterocycles. The third-order valence-electron chi connectivity index (χ3n) is 1.89. The molecule has 0 atom stereocenters. The second kappa shape index (κ2) is 7.62. The minimum Gasteiger partial charge on any atom is -0.471 e. The van der Waals surface area contributed by atoms with Gasteiger partial charge in [0.05, 0.1) is 6.61 Å². The van der Waals surface area contributed by atoms with Gasteiger partial charge >= 0.3 is 6.09 Å². The van der Waals surface area contributed by atoms with Crippen molar-refractivity contribution in [2.75, 3.05) is 6.61 Å². The number of thiocarbonyl (C=S) groups is 1. The Bertz CT molecular complexity index is 367. The van der Waals surface area contributed by atoms with Crippen molar-refractivity contribution in [1.29, 1.82) is 0 Å². The van der Waals surface area contributed by atoms with Gasteiger partial charge < -0.3 is 9.47 Å². The van der Waals surface area contributed by atoms with E-state index in [4.69, 9.17) is 21.7 Å². The Morgan fingerprint density at radius 1 is 1.35 bits per heavy atom. The van der Waals surface area contributed by atoms with E-state index in [1.165, 1.54) is 0 Å². The number of carbonyl (C=O) groups is 1. The van der Waals surface area contributed by atoms with Crippen LogP contribution < -0.4 is 10.1 Å². The molecule has 0 aromatic heterocycles. The van der Waals surface area contributed by atoms with Gasteiger partial charge in [-0.1, -0.05) is 31.5 Å². The average molecular weight is 253 g/mol. The van der Waals surface area contributed by atoms with Crippen LogP contribution in [0.3, 0.4) is 0 Å². The number of ether oxygens (including phenoxy) is 2. The molecule has 5 heteroatoms. The summed E-state index contributed by atoms with van der Waals surface area (Å²) in [6, 6.07) is 8.75. The van der Waals surface area contributed by atoms with Crippen LogP contribution in [0.15, 0.2) is 30.3 Å². The molecule has 0 fully saturated rings. The lowest BCUT2D eigenvalue weighted by molar-refractivity contribution is 0.201. The number of nitrogens with one attached hydrogen (secondary N) is 1. The minimum absolute atomic E-state index is 0.0411. The van der Waals surface area contributed by atoms with Crippen molar-refractivity contribution >= 4 is 23.5 Å². The first-order valence-corrected chi connectivity index (χ1v) is 5.84. The summed E-state index contributed by atoms with van der Waals surface area (Å²) >= 11 is 4.83. The van der Waals surface area contributed by atoms with Gasteiger partial charge in [-0.15, -0.1) is 0 Å².